The van der Waals surface area contributed by atoms with Gasteiger partial charge in [0.1, 0.15) is 11.5 Å². The fourth-order valence-corrected chi connectivity index (χ4v) is 2.56. The molecule has 134 valence electrons. The number of anilines is 2. The van der Waals surface area contributed by atoms with Crippen LogP contribution in [-0.2, 0) is 11.3 Å². The molecule has 1 aliphatic heterocycles. The molecule has 0 amide bonds. The molecular formula is C15H14Br2F2N4O2. The molecule has 2 aromatic carbocycles. The Morgan fingerprint density at radius 2 is 1.64 bits per heavy atom. The van der Waals surface area contributed by atoms with Crippen molar-refractivity contribution in [2.45, 2.75) is 13.5 Å². The largest absolute Gasteiger partial charge is 0.481 e. The van der Waals surface area contributed by atoms with Gasteiger partial charge in [-0.1, -0.05) is 31.9 Å². The van der Waals surface area contributed by atoms with Crippen LogP contribution in [0.3, 0.4) is 0 Å². The number of carboxylic acid groups (broad SMARTS) is 1. The molecule has 10 heteroatoms. The Bertz CT molecular complexity index is 789. The highest BCUT2D eigenvalue weighted by atomic mass is 79.9. The molecular weight excluding hydrogens is 466 g/mol. The van der Waals surface area contributed by atoms with Crippen LogP contribution in [-0.4, -0.2) is 11.1 Å². The normalized spacial score (nSPS) is 10.9. The molecule has 0 radical (unpaired) electrons. The standard InChI is InChI=1S/C7H4BrFN2.C6H6BrFN2.C2H4O2/c8-5-1-4-3-10-11-7(4)6(9)2-5;7-3-1-4(8)6(10)5(9)2-3;1-2(3)4/h1-2H,3H2;1-2H,9-10H2;1H3,(H,3,4). The quantitative estimate of drug-likeness (QED) is 0.459. The topological polar surface area (TPSA) is 114 Å². The second kappa shape index (κ2) is 9.42. The molecule has 0 saturated carbocycles. The molecule has 0 aromatic heterocycles. The average Bonchev–Trinajstić information content (AvgIpc) is 2.93. The first kappa shape index (κ1) is 21.0. The molecule has 6 nitrogen and oxygen atoms in total. The molecule has 1 aliphatic rings. The van der Waals surface area contributed by atoms with Gasteiger partial charge in [0.2, 0.25) is 0 Å². The summed E-state index contributed by atoms with van der Waals surface area (Å²) in [5, 5.41) is 14.8. The van der Waals surface area contributed by atoms with E-state index < -0.39 is 11.8 Å². The van der Waals surface area contributed by atoms with Gasteiger partial charge in [0.25, 0.3) is 5.97 Å². The van der Waals surface area contributed by atoms with E-state index >= 15 is 0 Å². The van der Waals surface area contributed by atoms with Crippen LogP contribution in [0.2, 0.25) is 0 Å². The second-order valence-corrected chi connectivity index (χ2v) is 6.54. The van der Waals surface area contributed by atoms with Crippen molar-refractivity contribution in [3.05, 3.63) is 50.4 Å². The molecule has 1 heterocycles. The number of nitrogens with two attached hydrogens (primary N) is 2. The average molecular weight is 480 g/mol. The van der Waals surface area contributed by atoms with Gasteiger partial charge in [-0.25, -0.2) is 8.78 Å². The Kier molecular flexibility index (Phi) is 7.91. The number of azo groups is 1. The zero-order chi connectivity index (χ0) is 19.1. The SMILES string of the molecule is CC(=O)O.Fc1cc(Br)cc2c1N=NC2.Nc1cc(Br)cc(F)c1N. The summed E-state index contributed by atoms with van der Waals surface area (Å²) in [4.78, 5) is 9.00. The third-order valence-electron chi connectivity index (χ3n) is 2.65. The highest BCUT2D eigenvalue weighted by Crippen LogP contribution is 2.32. The van der Waals surface area contributed by atoms with Crippen molar-refractivity contribution >= 4 is 54.9 Å². The molecule has 3 rings (SSSR count). The van der Waals surface area contributed by atoms with E-state index in [9.17, 15) is 8.78 Å². The maximum Gasteiger partial charge on any atom is 0.300 e. The van der Waals surface area contributed by atoms with E-state index in [1.54, 1.807) is 6.07 Å². The first-order valence-corrected chi connectivity index (χ1v) is 8.25. The Hall–Kier alpha value is -2.07. The number of nitrogens with zero attached hydrogens (tertiary/aromatic N) is 2. The molecule has 0 aliphatic carbocycles. The summed E-state index contributed by atoms with van der Waals surface area (Å²) in [5.74, 6) is -1.64. The van der Waals surface area contributed by atoms with Gasteiger partial charge in [-0.05, 0) is 24.3 Å². The van der Waals surface area contributed by atoms with Crippen LogP contribution in [0.25, 0.3) is 0 Å². The first-order valence-electron chi connectivity index (χ1n) is 6.66. The first-order chi connectivity index (χ1) is 11.6. The molecule has 0 saturated heterocycles. The summed E-state index contributed by atoms with van der Waals surface area (Å²) in [6.45, 7) is 1.58. The minimum atomic E-state index is -0.833. The molecule has 0 unspecified atom stereocenters. The van der Waals surface area contributed by atoms with Crippen LogP contribution in [0.1, 0.15) is 12.5 Å². The van der Waals surface area contributed by atoms with E-state index in [1.807, 2.05) is 6.07 Å². The molecule has 2 aromatic rings. The highest BCUT2D eigenvalue weighted by molar-refractivity contribution is 9.10. The van der Waals surface area contributed by atoms with Crippen LogP contribution in [0.5, 0.6) is 0 Å². The van der Waals surface area contributed by atoms with Crippen molar-refractivity contribution in [1.29, 1.82) is 0 Å². The summed E-state index contributed by atoms with van der Waals surface area (Å²) >= 11 is 6.26. The lowest BCUT2D eigenvalue weighted by atomic mass is 10.2. The van der Waals surface area contributed by atoms with Gasteiger partial charge in [0.05, 0.1) is 17.9 Å². The second-order valence-electron chi connectivity index (χ2n) is 4.70. The number of carboxylic acids is 1. The molecule has 25 heavy (non-hydrogen) atoms. The Balaban J connectivity index is 0.000000208. The van der Waals surface area contributed by atoms with Crippen LogP contribution in [0, 0.1) is 11.6 Å². The van der Waals surface area contributed by atoms with Crippen molar-refractivity contribution in [3.8, 4) is 0 Å². The van der Waals surface area contributed by atoms with Crippen molar-refractivity contribution in [2.75, 3.05) is 11.5 Å². The number of rotatable bonds is 0. The Morgan fingerprint density at radius 3 is 2.20 bits per heavy atom. The molecule has 0 atom stereocenters. The van der Waals surface area contributed by atoms with Crippen molar-refractivity contribution in [3.63, 3.8) is 0 Å². The van der Waals surface area contributed by atoms with Gasteiger partial charge in [-0.2, -0.15) is 10.2 Å². The lowest BCUT2D eigenvalue weighted by Gasteiger charge is -2.00. The number of fused-ring (bicyclic) bond motifs is 1. The maximum atomic E-state index is 13.0. The lowest BCUT2D eigenvalue weighted by Crippen LogP contribution is -1.97. The Labute approximate surface area is 159 Å². The van der Waals surface area contributed by atoms with Crippen molar-refractivity contribution in [1.82, 2.24) is 0 Å². The number of benzene rings is 2. The number of hydrogen-bond acceptors (Lipinski definition) is 5. The van der Waals surface area contributed by atoms with Crippen molar-refractivity contribution in [2.24, 2.45) is 10.2 Å². The molecule has 0 bridgehead atoms. The summed E-state index contributed by atoms with van der Waals surface area (Å²) in [7, 11) is 0. The fraction of sp³-hybridized carbons (Fsp3) is 0.133. The van der Waals surface area contributed by atoms with Crippen molar-refractivity contribution < 1.29 is 18.7 Å². The predicted molar refractivity (Wildman–Crippen MR) is 98.6 cm³/mol. The predicted octanol–water partition coefficient (Wildman–Crippen LogP) is 5.03. The molecule has 0 spiro atoms. The third kappa shape index (κ3) is 6.75. The van der Waals surface area contributed by atoms with Crippen LogP contribution >= 0.6 is 31.9 Å². The van der Waals surface area contributed by atoms with Gasteiger partial charge in [-0.3, -0.25) is 4.79 Å². The van der Waals surface area contributed by atoms with E-state index in [2.05, 4.69) is 42.1 Å². The van der Waals surface area contributed by atoms with E-state index in [0.717, 1.165) is 17.0 Å². The van der Waals surface area contributed by atoms with Gasteiger partial charge < -0.3 is 16.6 Å². The van der Waals surface area contributed by atoms with Gasteiger partial charge in [-0.15, -0.1) is 0 Å². The number of hydrogen-bond donors (Lipinski definition) is 3. The van der Waals surface area contributed by atoms with Crippen LogP contribution in [0.4, 0.5) is 25.8 Å². The van der Waals surface area contributed by atoms with E-state index in [-0.39, 0.29) is 17.2 Å². The summed E-state index contributed by atoms with van der Waals surface area (Å²) in [5.41, 5.74) is 12.0. The maximum absolute atomic E-state index is 13.0. The summed E-state index contributed by atoms with van der Waals surface area (Å²) in [6, 6.07) is 6.05. The smallest absolute Gasteiger partial charge is 0.300 e. The monoisotopic (exact) mass is 478 g/mol. The van der Waals surface area contributed by atoms with Crippen LogP contribution in [0.15, 0.2) is 43.4 Å². The number of nitrogen functional groups attached to an aromatic ring is 2. The van der Waals surface area contributed by atoms with Gasteiger partial charge >= 0.3 is 0 Å². The minimum Gasteiger partial charge on any atom is -0.481 e. The number of halogens is 4. The minimum absolute atomic E-state index is 0.00296. The molecule has 5 N–H and O–H groups in total. The number of aliphatic carboxylic acids is 1. The lowest BCUT2D eigenvalue weighted by molar-refractivity contribution is -0.134. The van der Waals surface area contributed by atoms with Crippen LogP contribution < -0.4 is 11.5 Å². The van der Waals surface area contributed by atoms with E-state index in [4.69, 9.17) is 21.4 Å². The Morgan fingerprint density at radius 1 is 1.12 bits per heavy atom. The zero-order valence-corrected chi connectivity index (χ0v) is 16.1. The van der Waals surface area contributed by atoms with Gasteiger partial charge in [0, 0.05) is 21.4 Å². The number of carbonyl (C=O) groups is 1. The summed E-state index contributed by atoms with van der Waals surface area (Å²) < 4.78 is 26.9. The molecule has 0 fully saturated rings. The van der Waals surface area contributed by atoms with E-state index in [1.165, 1.54) is 12.1 Å². The third-order valence-corrected chi connectivity index (χ3v) is 3.56. The van der Waals surface area contributed by atoms with E-state index in [0.29, 0.717) is 16.7 Å². The van der Waals surface area contributed by atoms with Gasteiger partial charge in [0.15, 0.2) is 5.82 Å². The highest BCUT2D eigenvalue weighted by Gasteiger charge is 2.13. The fourth-order valence-electron chi connectivity index (χ4n) is 1.64. The zero-order valence-electron chi connectivity index (χ0n) is 12.9. The summed E-state index contributed by atoms with van der Waals surface area (Å²) in [6.07, 6.45) is 0.